The number of aromatic hydroxyl groups is 1. The first kappa shape index (κ1) is 22.9. The predicted molar refractivity (Wildman–Crippen MR) is 132 cm³/mol. The molecule has 0 spiro atoms. The van der Waals surface area contributed by atoms with Crippen molar-refractivity contribution < 1.29 is 14.6 Å². The molecule has 1 aromatic heterocycles. The predicted octanol–water partition coefficient (Wildman–Crippen LogP) is 3.93. The number of rotatable bonds is 8. The zero-order valence-electron chi connectivity index (χ0n) is 19.8. The van der Waals surface area contributed by atoms with Crippen molar-refractivity contribution in [2.24, 2.45) is 0 Å². The lowest BCUT2D eigenvalue weighted by Crippen LogP contribution is -2.37. The number of aromatic nitrogens is 2. The van der Waals surface area contributed by atoms with E-state index in [1.54, 1.807) is 14.2 Å². The Morgan fingerprint density at radius 3 is 2.24 bits per heavy atom. The van der Waals surface area contributed by atoms with Gasteiger partial charge < -0.3 is 30.1 Å². The maximum Gasteiger partial charge on any atom is 0.225 e. The quantitative estimate of drug-likeness (QED) is 0.475. The summed E-state index contributed by atoms with van der Waals surface area (Å²) in [4.78, 5) is 11.5. The summed E-state index contributed by atoms with van der Waals surface area (Å²) in [5.41, 5.74) is 1.97. The van der Waals surface area contributed by atoms with Crippen LogP contribution in [0.1, 0.15) is 31.2 Å². The number of phenols is 1. The molecule has 33 heavy (non-hydrogen) atoms. The molecule has 0 saturated heterocycles. The molecular weight excluding hydrogens is 418 g/mol. The second-order valence-corrected chi connectivity index (χ2v) is 8.71. The number of ether oxygens (including phenoxy) is 2. The summed E-state index contributed by atoms with van der Waals surface area (Å²) in [5, 5.41) is 18.4. The topological polar surface area (TPSA) is 91.8 Å². The molecule has 1 aliphatic carbocycles. The van der Waals surface area contributed by atoms with E-state index in [1.807, 2.05) is 49.3 Å². The number of anilines is 2. The summed E-state index contributed by atoms with van der Waals surface area (Å²) in [5.74, 6) is 2.50. The molecule has 1 aliphatic rings. The molecule has 4 rings (SSSR count). The monoisotopic (exact) mass is 451 g/mol. The Hall–Kier alpha value is -3.26. The van der Waals surface area contributed by atoms with Crippen molar-refractivity contribution in [1.82, 2.24) is 15.3 Å². The first-order chi connectivity index (χ1) is 16.0. The van der Waals surface area contributed by atoms with Gasteiger partial charge in [0.2, 0.25) is 11.7 Å². The molecule has 0 aliphatic heterocycles. The van der Waals surface area contributed by atoms with Crippen molar-refractivity contribution in [2.75, 3.05) is 38.5 Å². The van der Waals surface area contributed by atoms with Crippen LogP contribution in [0.5, 0.6) is 17.2 Å². The molecule has 1 saturated carbocycles. The highest BCUT2D eigenvalue weighted by molar-refractivity contribution is 5.90. The van der Waals surface area contributed by atoms with Crippen molar-refractivity contribution in [2.45, 2.75) is 44.3 Å². The fourth-order valence-corrected chi connectivity index (χ4v) is 4.40. The summed E-state index contributed by atoms with van der Waals surface area (Å²) in [6.07, 6.45) is 4.23. The number of hydrogen-bond acceptors (Lipinski definition) is 8. The average Bonchev–Trinajstić information content (AvgIpc) is 2.83. The minimum atomic E-state index is 0.0312. The van der Waals surface area contributed by atoms with Crippen molar-refractivity contribution in [3.05, 3.63) is 42.0 Å². The molecule has 0 bridgehead atoms. The molecule has 8 heteroatoms. The molecule has 3 aromatic rings. The Labute approximate surface area is 194 Å². The average molecular weight is 452 g/mol. The lowest BCUT2D eigenvalue weighted by Gasteiger charge is -2.30. The van der Waals surface area contributed by atoms with Gasteiger partial charge in [-0.3, -0.25) is 0 Å². The Kier molecular flexibility index (Phi) is 7.03. The van der Waals surface area contributed by atoms with Crippen LogP contribution in [-0.2, 0) is 6.54 Å². The van der Waals surface area contributed by atoms with Gasteiger partial charge in [0.15, 0.2) is 11.5 Å². The fourth-order valence-electron chi connectivity index (χ4n) is 4.40. The molecule has 1 fully saturated rings. The van der Waals surface area contributed by atoms with Crippen LogP contribution in [-0.4, -0.2) is 55.5 Å². The van der Waals surface area contributed by atoms with Gasteiger partial charge in [0.05, 0.1) is 19.7 Å². The molecule has 0 atom stereocenters. The molecule has 1 heterocycles. The lowest BCUT2D eigenvalue weighted by molar-refractivity contribution is 0.336. The molecule has 2 aromatic carbocycles. The summed E-state index contributed by atoms with van der Waals surface area (Å²) in [6.45, 7) is 0.690. The number of phenolic OH excluding ortho intramolecular Hbond substituents is 1. The van der Waals surface area contributed by atoms with E-state index in [9.17, 15) is 5.11 Å². The van der Waals surface area contributed by atoms with Crippen molar-refractivity contribution in [1.29, 1.82) is 0 Å². The Morgan fingerprint density at radius 1 is 0.970 bits per heavy atom. The first-order valence-corrected chi connectivity index (χ1v) is 11.4. The van der Waals surface area contributed by atoms with E-state index in [0.717, 1.165) is 48.0 Å². The molecule has 8 nitrogen and oxygen atoms in total. The number of nitrogens with one attached hydrogen (secondary N) is 2. The SMILES string of the molecule is COc1cc(CN[C@H]2CC[C@@H](Nc3nc(N(C)C)c4ccccc4n3)CC2)cc(OC)c1O. The Balaban J connectivity index is 1.34. The van der Waals surface area contributed by atoms with E-state index in [4.69, 9.17) is 19.4 Å². The van der Waals surface area contributed by atoms with Gasteiger partial charge in [-0.1, -0.05) is 12.1 Å². The van der Waals surface area contributed by atoms with Crippen molar-refractivity contribution in [3.8, 4) is 17.2 Å². The molecular formula is C25H33N5O3. The van der Waals surface area contributed by atoms with E-state index >= 15 is 0 Å². The van der Waals surface area contributed by atoms with E-state index in [2.05, 4.69) is 16.7 Å². The zero-order chi connectivity index (χ0) is 23.4. The highest BCUT2D eigenvalue weighted by Crippen LogP contribution is 2.37. The molecule has 0 radical (unpaired) electrons. The van der Waals surface area contributed by atoms with Gasteiger partial charge in [-0.05, 0) is 55.5 Å². The van der Waals surface area contributed by atoms with E-state index in [1.165, 1.54) is 0 Å². The number of methoxy groups -OCH3 is 2. The lowest BCUT2D eigenvalue weighted by atomic mass is 9.91. The van der Waals surface area contributed by atoms with Crippen LogP contribution >= 0.6 is 0 Å². The van der Waals surface area contributed by atoms with Gasteiger partial charge in [-0.2, -0.15) is 4.98 Å². The summed E-state index contributed by atoms with van der Waals surface area (Å²) in [7, 11) is 7.10. The van der Waals surface area contributed by atoms with E-state index in [0.29, 0.717) is 36.1 Å². The van der Waals surface area contributed by atoms with Crippen LogP contribution in [0, 0.1) is 0 Å². The van der Waals surface area contributed by atoms with Crippen molar-refractivity contribution >= 4 is 22.7 Å². The smallest absolute Gasteiger partial charge is 0.225 e. The van der Waals surface area contributed by atoms with Crippen LogP contribution in [0.2, 0.25) is 0 Å². The van der Waals surface area contributed by atoms with Gasteiger partial charge in [-0.15, -0.1) is 0 Å². The van der Waals surface area contributed by atoms with Crippen LogP contribution in [0.15, 0.2) is 36.4 Å². The molecule has 3 N–H and O–H groups in total. The van der Waals surface area contributed by atoms with Gasteiger partial charge in [-0.25, -0.2) is 4.98 Å². The number of para-hydroxylation sites is 1. The molecule has 0 unspecified atom stereocenters. The van der Waals surface area contributed by atoms with Gasteiger partial charge in [0, 0.05) is 38.1 Å². The van der Waals surface area contributed by atoms with Crippen LogP contribution < -0.4 is 25.0 Å². The van der Waals surface area contributed by atoms with Gasteiger partial charge in [0.1, 0.15) is 5.82 Å². The zero-order valence-corrected chi connectivity index (χ0v) is 19.8. The standard InChI is InChI=1S/C25H33N5O3/c1-30(2)24-19-7-5-6-8-20(19)28-25(29-24)27-18-11-9-17(10-12-18)26-15-16-13-21(32-3)23(31)22(14-16)33-4/h5-8,13-14,17-18,26,31H,9-12,15H2,1-4H3,(H,27,28,29)/t17-,18+. The summed E-state index contributed by atoms with van der Waals surface area (Å²) < 4.78 is 10.5. The van der Waals surface area contributed by atoms with Gasteiger partial charge >= 0.3 is 0 Å². The van der Waals surface area contributed by atoms with Crippen molar-refractivity contribution in [3.63, 3.8) is 0 Å². The highest BCUT2D eigenvalue weighted by Gasteiger charge is 2.22. The Morgan fingerprint density at radius 2 is 1.61 bits per heavy atom. The third-order valence-corrected chi connectivity index (χ3v) is 6.20. The normalized spacial score (nSPS) is 18.2. The first-order valence-electron chi connectivity index (χ1n) is 11.4. The summed E-state index contributed by atoms with van der Waals surface area (Å²) in [6, 6.07) is 12.6. The number of nitrogens with zero attached hydrogens (tertiary/aromatic N) is 3. The second kappa shape index (κ2) is 10.1. The third kappa shape index (κ3) is 5.22. The van der Waals surface area contributed by atoms with E-state index < -0.39 is 0 Å². The Bertz CT molecular complexity index is 1070. The highest BCUT2D eigenvalue weighted by atomic mass is 16.5. The summed E-state index contributed by atoms with van der Waals surface area (Å²) >= 11 is 0. The third-order valence-electron chi connectivity index (χ3n) is 6.20. The number of hydrogen-bond donors (Lipinski definition) is 3. The minimum Gasteiger partial charge on any atom is -0.502 e. The fraction of sp³-hybridized carbons (Fsp3) is 0.440. The molecule has 176 valence electrons. The van der Waals surface area contributed by atoms with Gasteiger partial charge in [0.25, 0.3) is 0 Å². The van der Waals surface area contributed by atoms with Crippen LogP contribution in [0.4, 0.5) is 11.8 Å². The minimum absolute atomic E-state index is 0.0312. The number of benzene rings is 2. The van der Waals surface area contributed by atoms with Crippen LogP contribution in [0.3, 0.4) is 0 Å². The largest absolute Gasteiger partial charge is 0.502 e. The second-order valence-electron chi connectivity index (χ2n) is 8.71. The van der Waals surface area contributed by atoms with E-state index in [-0.39, 0.29) is 5.75 Å². The maximum atomic E-state index is 10.1. The maximum absolute atomic E-state index is 10.1. The molecule has 0 amide bonds. The number of fused-ring (bicyclic) bond motifs is 1. The van der Waals surface area contributed by atoms with Crippen LogP contribution in [0.25, 0.3) is 10.9 Å².